The van der Waals surface area contributed by atoms with Gasteiger partial charge < -0.3 is 4.74 Å². The highest BCUT2D eigenvalue weighted by Crippen LogP contribution is 2.05. The van der Waals surface area contributed by atoms with Gasteiger partial charge in [0.2, 0.25) is 0 Å². The molecule has 2 rings (SSSR count). The van der Waals surface area contributed by atoms with Gasteiger partial charge in [-0.3, -0.25) is 0 Å². The monoisotopic (exact) mass is 318 g/mol. The minimum absolute atomic E-state index is 0.391. The van der Waals surface area contributed by atoms with Gasteiger partial charge in [-0.05, 0) is 29.7 Å². The summed E-state index contributed by atoms with van der Waals surface area (Å²) in [6.45, 7) is 12.4. The highest BCUT2D eigenvalue weighted by atomic mass is 16.5. The van der Waals surface area contributed by atoms with Crippen LogP contribution in [0.15, 0.2) is 86.2 Å². The van der Waals surface area contributed by atoms with E-state index in [9.17, 15) is 4.79 Å². The molecule has 0 amide bonds. The van der Waals surface area contributed by atoms with Crippen molar-refractivity contribution in [3.63, 3.8) is 0 Å². The summed E-state index contributed by atoms with van der Waals surface area (Å²) in [7, 11) is 0. The number of hydrogen-bond acceptors (Lipinski definition) is 2. The third kappa shape index (κ3) is 7.23. The first kappa shape index (κ1) is 18.9. The number of ether oxygens (including phenoxy) is 1. The number of carbonyl (C=O) groups excluding carboxylic acids is 1. The molecule has 2 aromatic rings. The number of esters is 1. The molecule has 0 aliphatic carbocycles. The Morgan fingerprint density at radius 1 is 0.875 bits per heavy atom. The molecule has 0 aliphatic rings. The van der Waals surface area contributed by atoms with Crippen LogP contribution in [0.4, 0.5) is 0 Å². The lowest BCUT2D eigenvalue weighted by Gasteiger charge is -1.96. The number of carbonyl (C=O) groups is 1. The molecule has 0 aliphatic heterocycles. The largest absolute Gasteiger partial charge is 0.431 e. The van der Waals surface area contributed by atoms with E-state index >= 15 is 0 Å². The molecule has 0 bridgehead atoms. The van der Waals surface area contributed by atoms with Crippen molar-refractivity contribution in [2.75, 3.05) is 0 Å². The van der Waals surface area contributed by atoms with E-state index in [1.54, 1.807) is 13.0 Å². The molecule has 0 N–H and O–H groups in total. The smallest absolute Gasteiger partial charge is 0.337 e. The van der Waals surface area contributed by atoms with Crippen molar-refractivity contribution in [2.45, 2.75) is 6.92 Å². The number of rotatable bonds is 5. The maximum absolute atomic E-state index is 11.0. The van der Waals surface area contributed by atoms with Crippen LogP contribution in [-0.4, -0.2) is 5.97 Å². The fourth-order valence-electron chi connectivity index (χ4n) is 1.61. The van der Waals surface area contributed by atoms with Crippen LogP contribution in [0.5, 0.6) is 0 Å². The second-order valence-electron chi connectivity index (χ2n) is 4.97. The predicted molar refractivity (Wildman–Crippen MR) is 103 cm³/mol. The molecule has 0 atom stereocenters. The molecule has 0 fully saturated rings. The SMILES string of the molecule is C=C(C)C(=O)OC=Cc1ccccc1.C=Cc1ccc(C=C)cc1. The number of benzene rings is 2. The van der Waals surface area contributed by atoms with Gasteiger partial charge in [0.1, 0.15) is 0 Å². The van der Waals surface area contributed by atoms with Crippen molar-refractivity contribution in [1.29, 1.82) is 0 Å². The quantitative estimate of drug-likeness (QED) is 0.398. The van der Waals surface area contributed by atoms with E-state index in [0.717, 1.165) is 16.7 Å². The highest BCUT2D eigenvalue weighted by Gasteiger charge is 1.98. The minimum Gasteiger partial charge on any atom is -0.431 e. The molecule has 0 saturated carbocycles. The molecule has 2 heteroatoms. The maximum atomic E-state index is 11.0. The van der Waals surface area contributed by atoms with Crippen molar-refractivity contribution in [3.8, 4) is 0 Å². The Balaban J connectivity index is 0.000000254. The Morgan fingerprint density at radius 3 is 1.79 bits per heavy atom. The lowest BCUT2D eigenvalue weighted by molar-refractivity contribution is -0.133. The molecule has 122 valence electrons. The van der Waals surface area contributed by atoms with Crippen LogP contribution in [0.3, 0.4) is 0 Å². The lowest BCUT2D eigenvalue weighted by atomic mass is 10.1. The Labute approximate surface area is 144 Å². The van der Waals surface area contributed by atoms with Crippen LogP contribution in [0.25, 0.3) is 18.2 Å². The first-order chi connectivity index (χ1) is 11.6. The molecule has 0 radical (unpaired) electrons. The fourth-order valence-corrected chi connectivity index (χ4v) is 1.61. The summed E-state index contributed by atoms with van der Waals surface area (Å²) in [5.74, 6) is -0.405. The van der Waals surface area contributed by atoms with Crippen molar-refractivity contribution in [2.24, 2.45) is 0 Å². The molecule has 24 heavy (non-hydrogen) atoms. The van der Waals surface area contributed by atoms with Crippen LogP contribution in [0, 0.1) is 0 Å². The van der Waals surface area contributed by atoms with Gasteiger partial charge in [0.05, 0.1) is 6.26 Å². The maximum Gasteiger partial charge on any atom is 0.337 e. The van der Waals surface area contributed by atoms with Gasteiger partial charge in [0.15, 0.2) is 0 Å². The van der Waals surface area contributed by atoms with Crippen LogP contribution >= 0.6 is 0 Å². The van der Waals surface area contributed by atoms with Crippen molar-refractivity contribution < 1.29 is 9.53 Å². The molecular formula is C22H22O2. The number of hydrogen-bond donors (Lipinski definition) is 0. The Morgan fingerprint density at radius 2 is 1.38 bits per heavy atom. The first-order valence-corrected chi connectivity index (χ1v) is 7.50. The summed E-state index contributed by atoms with van der Waals surface area (Å²) in [6.07, 6.45) is 6.74. The average molecular weight is 318 g/mol. The molecule has 0 unspecified atom stereocenters. The van der Waals surface area contributed by atoms with Crippen LogP contribution in [0.1, 0.15) is 23.6 Å². The van der Waals surface area contributed by atoms with E-state index in [0.29, 0.717) is 5.57 Å². The molecule has 0 saturated heterocycles. The fraction of sp³-hybridized carbons (Fsp3) is 0.0455. The summed E-state index contributed by atoms with van der Waals surface area (Å²) in [5, 5.41) is 0. The Hall–Kier alpha value is -3.13. The van der Waals surface area contributed by atoms with E-state index < -0.39 is 5.97 Å². The van der Waals surface area contributed by atoms with Gasteiger partial charge in [0, 0.05) is 5.57 Å². The summed E-state index contributed by atoms with van der Waals surface area (Å²) in [6, 6.07) is 17.7. The van der Waals surface area contributed by atoms with Gasteiger partial charge >= 0.3 is 5.97 Å². The van der Waals surface area contributed by atoms with Gasteiger partial charge in [-0.15, -0.1) is 0 Å². The Kier molecular flexibility index (Phi) is 8.33. The van der Waals surface area contributed by atoms with Crippen LogP contribution < -0.4 is 0 Å². The first-order valence-electron chi connectivity index (χ1n) is 7.50. The van der Waals surface area contributed by atoms with Crippen molar-refractivity contribution in [1.82, 2.24) is 0 Å². The summed E-state index contributed by atoms with van der Waals surface area (Å²) in [5.41, 5.74) is 3.67. The van der Waals surface area contributed by atoms with E-state index in [2.05, 4.69) is 19.7 Å². The molecular weight excluding hydrogens is 296 g/mol. The standard InChI is InChI=1S/C12H12O2.C10H10/c1-10(2)12(13)14-9-8-11-6-4-3-5-7-11;1-3-9-5-7-10(4-2)8-6-9/h3-9H,1H2,2H3;3-8H,1-2H2. The van der Waals surface area contributed by atoms with Gasteiger partial charge in [-0.2, -0.15) is 0 Å². The average Bonchev–Trinajstić information content (AvgIpc) is 2.63. The highest BCUT2D eigenvalue weighted by molar-refractivity contribution is 5.87. The van der Waals surface area contributed by atoms with E-state index in [1.165, 1.54) is 6.26 Å². The zero-order chi connectivity index (χ0) is 17.8. The lowest BCUT2D eigenvalue weighted by Crippen LogP contribution is -1.98. The van der Waals surface area contributed by atoms with Gasteiger partial charge in [-0.1, -0.05) is 86.5 Å². The van der Waals surface area contributed by atoms with Gasteiger partial charge in [0.25, 0.3) is 0 Å². The third-order valence-corrected chi connectivity index (χ3v) is 2.99. The molecule has 0 spiro atoms. The normalized spacial score (nSPS) is 9.54. The van der Waals surface area contributed by atoms with E-state index in [-0.39, 0.29) is 0 Å². The van der Waals surface area contributed by atoms with Gasteiger partial charge in [-0.25, -0.2) is 4.79 Å². The summed E-state index contributed by atoms with van der Waals surface area (Å²) < 4.78 is 4.79. The third-order valence-electron chi connectivity index (χ3n) is 2.99. The molecule has 2 nitrogen and oxygen atoms in total. The van der Waals surface area contributed by atoms with Crippen molar-refractivity contribution in [3.05, 3.63) is 103 Å². The zero-order valence-electron chi connectivity index (χ0n) is 13.9. The van der Waals surface area contributed by atoms with Crippen molar-refractivity contribution >= 4 is 24.2 Å². The molecule has 0 aromatic heterocycles. The summed E-state index contributed by atoms with van der Waals surface area (Å²) >= 11 is 0. The predicted octanol–water partition coefficient (Wildman–Crippen LogP) is 5.75. The second kappa shape index (κ2) is 10.6. The minimum atomic E-state index is -0.405. The topological polar surface area (TPSA) is 26.3 Å². The van der Waals surface area contributed by atoms with Crippen LogP contribution in [0.2, 0.25) is 0 Å². The summed E-state index contributed by atoms with van der Waals surface area (Å²) in [4.78, 5) is 11.0. The second-order valence-corrected chi connectivity index (χ2v) is 4.97. The molecule has 2 aromatic carbocycles. The van der Waals surface area contributed by atoms with E-state index in [1.807, 2.05) is 66.7 Å². The van der Waals surface area contributed by atoms with Crippen LogP contribution in [-0.2, 0) is 9.53 Å². The Bertz CT molecular complexity index is 680. The molecule has 0 heterocycles. The zero-order valence-corrected chi connectivity index (χ0v) is 13.9. The van der Waals surface area contributed by atoms with E-state index in [4.69, 9.17) is 4.74 Å².